The molecular formula is C18H29N3O3. The number of nitrogens with zero attached hydrogens (tertiary/aromatic N) is 1. The number of hydrogen-bond donors (Lipinski definition) is 3. The highest BCUT2D eigenvalue weighted by Crippen LogP contribution is 2.65. The topological polar surface area (TPSA) is 81.7 Å². The molecule has 0 aromatic rings. The molecule has 4 aliphatic carbocycles. The van der Waals surface area contributed by atoms with Crippen LogP contribution in [0.3, 0.4) is 0 Å². The number of piperidine rings is 1. The Hall–Kier alpha value is -1.30. The molecule has 6 heteroatoms. The van der Waals surface area contributed by atoms with E-state index in [9.17, 15) is 14.7 Å². The van der Waals surface area contributed by atoms with Crippen molar-refractivity contribution in [2.24, 2.45) is 11.3 Å². The van der Waals surface area contributed by atoms with Gasteiger partial charge in [0, 0.05) is 31.6 Å². The summed E-state index contributed by atoms with van der Waals surface area (Å²) in [5, 5.41) is 16.5. The predicted octanol–water partition coefficient (Wildman–Crippen LogP) is 1.38. The summed E-state index contributed by atoms with van der Waals surface area (Å²) in [6.45, 7) is 3.05. The standard InChI is InChI=1S/C18H29N3O3/c1-12(22)21-6-3-14(4-7-21)19-16(24)20-18-9-13-8-17(10-18,11-18)5-2-15(13)23/h13-15,23H,2-11H2,1H3,(H2,19,20,24). The number of nitrogens with one attached hydrogen (secondary N) is 2. The minimum Gasteiger partial charge on any atom is -0.393 e. The highest BCUT2D eigenvalue weighted by atomic mass is 16.3. The van der Waals surface area contributed by atoms with Gasteiger partial charge in [-0.2, -0.15) is 0 Å². The molecular weight excluding hydrogens is 306 g/mol. The van der Waals surface area contributed by atoms with Gasteiger partial charge in [0.05, 0.1) is 6.10 Å². The van der Waals surface area contributed by atoms with E-state index in [2.05, 4.69) is 10.6 Å². The molecule has 0 aromatic carbocycles. The number of rotatable bonds is 2. The largest absolute Gasteiger partial charge is 0.393 e. The summed E-state index contributed by atoms with van der Waals surface area (Å²) < 4.78 is 0. The number of carbonyl (C=O) groups excluding carboxylic acids is 2. The SMILES string of the molecule is CC(=O)N1CCC(NC(=O)NC23CC4CC(CCC4O)(C2)C3)CC1. The molecule has 0 radical (unpaired) electrons. The second-order valence-corrected chi connectivity index (χ2v) is 8.79. The molecule has 1 aliphatic heterocycles. The van der Waals surface area contributed by atoms with Gasteiger partial charge in [0.15, 0.2) is 0 Å². The van der Waals surface area contributed by atoms with Gasteiger partial charge in [-0.3, -0.25) is 4.79 Å². The van der Waals surface area contributed by atoms with Gasteiger partial charge in [0.25, 0.3) is 0 Å². The molecule has 1 spiro atoms. The van der Waals surface area contributed by atoms with Crippen LogP contribution < -0.4 is 10.6 Å². The zero-order valence-electron chi connectivity index (χ0n) is 14.5. The van der Waals surface area contributed by atoms with Crippen LogP contribution in [0.5, 0.6) is 0 Å². The summed E-state index contributed by atoms with van der Waals surface area (Å²) in [6, 6.07) is 0.0836. The van der Waals surface area contributed by atoms with E-state index in [1.807, 2.05) is 4.90 Å². The fraction of sp³-hybridized carbons (Fsp3) is 0.889. The maximum Gasteiger partial charge on any atom is 0.315 e. The molecule has 2 unspecified atom stereocenters. The molecule has 3 amide bonds. The van der Waals surface area contributed by atoms with Crippen LogP contribution in [0.2, 0.25) is 0 Å². The van der Waals surface area contributed by atoms with Crippen molar-refractivity contribution >= 4 is 11.9 Å². The van der Waals surface area contributed by atoms with Gasteiger partial charge in [-0.1, -0.05) is 0 Å². The number of hydrogen-bond acceptors (Lipinski definition) is 3. The molecule has 0 aromatic heterocycles. The van der Waals surface area contributed by atoms with Gasteiger partial charge in [-0.15, -0.1) is 0 Å². The Morgan fingerprint density at radius 1 is 1.12 bits per heavy atom. The quantitative estimate of drug-likeness (QED) is 0.713. The summed E-state index contributed by atoms with van der Waals surface area (Å²) in [7, 11) is 0. The van der Waals surface area contributed by atoms with Gasteiger partial charge in [0.2, 0.25) is 5.91 Å². The zero-order chi connectivity index (χ0) is 16.9. The summed E-state index contributed by atoms with van der Waals surface area (Å²) >= 11 is 0. The van der Waals surface area contributed by atoms with Gasteiger partial charge >= 0.3 is 6.03 Å². The van der Waals surface area contributed by atoms with Crippen LogP contribution in [0.15, 0.2) is 0 Å². The van der Waals surface area contributed by atoms with Crippen molar-refractivity contribution in [1.29, 1.82) is 0 Å². The third-order valence-corrected chi connectivity index (χ3v) is 6.94. The van der Waals surface area contributed by atoms with E-state index < -0.39 is 0 Å². The number of likely N-dealkylation sites (tertiary alicyclic amines) is 1. The predicted molar refractivity (Wildman–Crippen MR) is 89.3 cm³/mol. The van der Waals surface area contributed by atoms with Crippen molar-refractivity contribution in [1.82, 2.24) is 15.5 Å². The smallest absolute Gasteiger partial charge is 0.315 e. The molecule has 1 saturated heterocycles. The molecule has 2 atom stereocenters. The first-order chi connectivity index (χ1) is 11.4. The summed E-state index contributed by atoms with van der Waals surface area (Å²) in [5.41, 5.74) is 0.302. The van der Waals surface area contributed by atoms with Crippen LogP contribution in [-0.2, 0) is 4.79 Å². The molecule has 5 aliphatic rings. The zero-order valence-corrected chi connectivity index (χ0v) is 14.5. The molecule has 4 saturated carbocycles. The van der Waals surface area contributed by atoms with E-state index >= 15 is 0 Å². The van der Waals surface area contributed by atoms with Crippen molar-refractivity contribution in [3.05, 3.63) is 0 Å². The van der Waals surface area contributed by atoms with Crippen molar-refractivity contribution < 1.29 is 14.7 Å². The van der Waals surface area contributed by atoms with E-state index in [0.29, 0.717) is 11.3 Å². The molecule has 5 fully saturated rings. The molecule has 5 rings (SSSR count). The first-order valence-corrected chi connectivity index (χ1v) is 9.41. The van der Waals surface area contributed by atoms with Crippen molar-refractivity contribution in [3.63, 3.8) is 0 Å². The average molecular weight is 335 g/mol. The van der Waals surface area contributed by atoms with E-state index in [1.165, 1.54) is 0 Å². The van der Waals surface area contributed by atoms with Crippen molar-refractivity contribution in [2.75, 3.05) is 13.1 Å². The Kier molecular flexibility index (Phi) is 3.79. The normalized spacial score (nSPS) is 41.3. The average Bonchev–Trinajstić information content (AvgIpc) is 2.51. The summed E-state index contributed by atoms with van der Waals surface area (Å²) in [6.07, 6.45) is 7.74. The number of aliphatic hydroxyl groups is 1. The minimum absolute atomic E-state index is 0.0689. The van der Waals surface area contributed by atoms with Crippen molar-refractivity contribution in [2.45, 2.75) is 76.0 Å². The lowest BCUT2D eigenvalue weighted by Gasteiger charge is -2.66. The summed E-state index contributed by atoms with van der Waals surface area (Å²) in [4.78, 5) is 25.7. The molecule has 134 valence electrons. The van der Waals surface area contributed by atoms with E-state index in [0.717, 1.165) is 64.5 Å². The first kappa shape index (κ1) is 16.2. The van der Waals surface area contributed by atoms with Crippen molar-refractivity contribution in [3.8, 4) is 0 Å². The second-order valence-electron chi connectivity index (χ2n) is 8.79. The number of amides is 3. The number of carbonyl (C=O) groups is 2. The minimum atomic E-state index is -0.182. The highest BCUT2D eigenvalue weighted by molar-refractivity contribution is 5.76. The van der Waals surface area contributed by atoms with Crippen LogP contribution >= 0.6 is 0 Å². The Bertz CT molecular complexity index is 536. The third-order valence-electron chi connectivity index (χ3n) is 6.94. The summed E-state index contributed by atoms with van der Waals surface area (Å²) in [5.74, 6) is 0.476. The maximum absolute atomic E-state index is 12.5. The van der Waals surface area contributed by atoms with E-state index in [1.54, 1.807) is 6.92 Å². The van der Waals surface area contributed by atoms with Crippen LogP contribution in [0.4, 0.5) is 4.79 Å². The van der Waals surface area contributed by atoms with E-state index in [-0.39, 0.29) is 29.6 Å². The highest BCUT2D eigenvalue weighted by Gasteiger charge is 2.62. The van der Waals surface area contributed by atoms with Gasteiger partial charge in [-0.25, -0.2) is 4.79 Å². The van der Waals surface area contributed by atoms with Crippen LogP contribution in [0.25, 0.3) is 0 Å². The Morgan fingerprint density at radius 3 is 2.50 bits per heavy atom. The fourth-order valence-corrected chi connectivity index (χ4v) is 5.98. The lowest BCUT2D eigenvalue weighted by molar-refractivity contribution is -0.143. The van der Waals surface area contributed by atoms with Crippen LogP contribution in [0, 0.1) is 11.3 Å². The Labute approximate surface area is 143 Å². The monoisotopic (exact) mass is 335 g/mol. The molecule has 3 bridgehead atoms. The van der Waals surface area contributed by atoms with Gasteiger partial charge in [0.1, 0.15) is 0 Å². The third kappa shape index (κ3) is 2.79. The molecule has 3 N–H and O–H groups in total. The van der Waals surface area contributed by atoms with Crippen LogP contribution in [0.1, 0.15) is 58.3 Å². The fourth-order valence-electron chi connectivity index (χ4n) is 5.98. The molecule has 6 nitrogen and oxygen atoms in total. The first-order valence-electron chi connectivity index (χ1n) is 9.41. The van der Waals surface area contributed by atoms with E-state index in [4.69, 9.17) is 0 Å². The Balaban J connectivity index is 1.29. The lowest BCUT2D eigenvalue weighted by Crippen LogP contribution is -2.70. The second kappa shape index (κ2) is 5.61. The lowest BCUT2D eigenvalue weighted by atomic mass is 9.43. The number of urea groups is 1. The van der Waals surface area contributed by atoms with Crippen LogP contribution in [-0.4, -0.2) is 52.7 Å². The molecule has 24 heavy (non-hydrogen) atoms. The molecule has 1 heterocycles. The maximum atomic E-state index is 12.5. The Morgan fingerprint density at radius 2 is 1.83 bits per heavy atom. The number of aliphatic hydroxyl groups excluding tert-OH is 1. The van der Waals surface area contributed by atoms with Gasteiger partial charge < -0.3 is 20.6 Å². The van der Waals surface area contributed by atoms with Gasteiger partial charge in [-0.05, 0) is 62.7 Å².